The van der Waals surface area contributed by atoms with E-state index >= 15 is 0 Å². The predicted molar refractivity (Wildman–Crippen MR) is 99.1 cm³/mol. The lowest BCUT2D eigenvalue weighted by Gasteiger charge is -2.15. The molecule has 0 spiro atoms. The third-order valence-corrected chi connectivity index (χ3v) is 5.29. The van der Waals surface area contributed by atoms with Crippen LogP contribution in [0.15, 0.2) is 18.2 Å². The fourth-order valence-corrected chi connectivity index (χ4v) is 4.16. The molecule has 3 nitrogen and oxygen atoms in total. The Morgan fingerprint density at radius 3 is 2.95 bits per heavy atom. The van der Waals surface area contributed by atoms with Crippen molar-refractivity contribution >= 4 is 39.5 Å². The molecule has 0 saturated heterocycles. The Kier molecular flexibility index (Phi) is 4.45. The SMILES string of the molecule is Cc1ccc(C)c(NC(=S)Nc2nc3c(s2)CC(C)CC3)c1. The van der Waals surface area contributed by atoms with Gasteiger partial charge in [0.05, 0.1) is 5.69 Å². The highest BCUT2D eigenvalue weighted by Gasteiger charge is 2.20. The van der Waals surface area contributed by atoms with Crippen LogP contribution in [0, 0.1) is 19.8 Å². The molecule has 0 saturated carbocycles. The van der Waals surface area contributed by atoms with Gasteiger partial charge in [-0.2, -0.15) is 0 Å². The summed E-state index contributed by atoms with van der Waals surface area (Å²) in [7, 11) is 0. The topological polar surface area (TPSA) is 37.0 Å². The second-order valence-corrected chi connectivity index (χ2v) is 7.63. The number of anilines is 2. The van der Waals surface area contributed by atoms with Gasteiger partial charge in [-0.25, -0.2) is 4.98 Å². The Morgan fingerprint density at radius 1 is 1.32 bits per heavy atom. The molecule has 22 heavy (non-hydrogen) atoms. The Balaban J connectivity index is 1.68. The summed E-state index contributed by atoms with van der Waals surface area (Å²) < 4.78 is 0. The first-order valence-electron chi connectivity index (χ1n) is 7.65. The van der Waals surface area contributed by atoms with Crippen LogP contribution in [0.2, 0.25) is 0 Å². The summed E-state index contributed by atoms with van der Waals surface area (Å²) in [6, 6.07) is 6.31. The smallest absolute Gasteiger partial charge is 0.189 e. The zero-order chi connectivity index (χ0) is 15.7. The van der Waals surface area contributed by atoms with E-state index in [1.54, 1.807) is 11.3 Å². The quantitative estimate of drug-likeness (QED) is 0.783. The molecule has 1 heterocycles. The van der Waals surface area contributed by atoms with E-state index in [-0.39, 0.29) is 0 Å². The van der Waals surface area contributed by atoms with Crippen LogP contribution in [0.4, 0.5) is 10.8 Å². The highest BCUT2D eigenvalue weighted by atomic mass is 32.1. The highest BCUT2D eigenvalue weighted by Crippen LogP contribution is 2.32. The van der Waals surface area contributed by atoms with Crippen molar-refractivity contribution in [3.8, 4) is 0 Å². The van der Waals surface area contributed by atoms with Crippen molar-refractivity contribution in [1.82, 2.24) is 4.98 Å². The number of hydrogen-bond donors (Lipinski definition) is 2. The van der Waals surface area contributed by atoms with Crippen molar-refractivity contribution in [2.24, 2.45) is 5.92 Å². The summed E-state index contributed by atoms with van der Waals surface area (Å²) in [5.41, 5.74) is 4.70. The molecule has 2 N–H and O–H groups in total. The summed E-state index contributed by atoms with van der Waals surface area (Å²) in [5, 5.41) is 8.02. The second kappa shape index (κ2) is 6.34. The molecule has 1 atom stereocenters. The van der Waals surface area contributed by atoms with E-state index in [1.807, 2.05) is 0 Å². The van der Waals surface area contributed by atoms with Crippen molar-refractivity contribution in [1.29, 1.82) is 0 Å². The van der Waals surface area contributed by atoms with E-state index in [9.17, 15) is 0 Å². The van der Waals surface area contributed by atoms with Crippen molar-refractivity contribution in [2.45, 2.75) is 40.0 Å². The lowest BCUT2D eigenvalue weighted by Crippen LogP contribution is -2.19. The molecule has 2 aromatic rings. The second-order valence-electron chi connectivity index (χ2n) is 6.13. The van der Waals surface area contributed by atoms with Gasteiger partial charge in [-0.3, -0.25) is 0 Å². The molecule has 0 fully saturated rings. The van der Waals surface area contributed by atoms with Crippen molar-refractivity contribution in [2.75, 3.05) is 10.6 Å². The van der Waals surface area contributed by atoms with Crippen LogP contribution in [0.3, 0.4) is 0 Å². The molecule has 3 rings (SSSR count). The normalized spacial score (nSPS) is 17.0. The standard InChI is InChI=1S/C17H21N3S2/c1-10-4-6-12(3)14(8-10)18-16(21)20-17-19-13-7-5-11(2)9-15(13)22-17/h4,6,8,11H,5,7,9H2,1-3H3,(H2,18,19,20,21). The maximum absolute atomic E-state index is 5.43. The van der Waals surface area contributed by atoms with Crippen LogP contribution in [-0.4, -0.2) is 10.1 Å². The Morgan fingerprint density at radius 2 is 2.14 bits per heavy atom. The zero-order valence-corrected chi connectivity index (χ0v) is 14.8. The van der Waals surface area contributed by atoms with Gasteiger partial charge >= 0.3 is 0 Å². The molecular formula is C17H21N3S2. The minimum Gasteiger partial charge on any atom is -0.332 e. The average Bonchev–Trinajstić information content (AvgIpc) is 2.84. The molecule has 116 valence electrons. The molecule has 0 aliphatic heterocycles. The van der Waals surface area contributed by atoms with Gasteiger partial charge in [0.2, 0.25) is 0 Å². The number of benzene rings is 1. The summed E-state index contributed by atoms with van der Waals surface area (Å²) in [5.74, 6) is 0.765. The zero-order valence-electron chi connectivity index (χ0n) is 13.2. The number of nitrogens with zero attached hydrogens (tertiary/aromatic N) is 1. The number of aryl methyl sites for hydroxylation is 3. The van der Waals surface area contributed by atoms with Crippen LogP contribution < -0.4 is 10.6 Å². The fraction of sp³-hybridized carbons (Fsp3) is 0.412. The first-order valence-corrected chi connectivity index (χ1v) is 8.87. The van der Waals surface area contributed by atoms with E-state index in [1.165, 1.54) is 28.1 Å². The number of thiocarbonyl (C=S) groups is 1. The van der Waals surface area contributed by atoms with Crippen LogP contribution in [-0.2, 0) is 12.8 Å². The van der Waals surface area contributed by atoms with Crippen molar-refractivity contribution in [3.05, 3.63) is 39.9 Å². The predicted octanol–water partition coefficient (Wildman–Crippen LogP) is 4.69. The molecule has 1 unspecified atom stereocenters. The number of aromatic nitrogens is 1. The molecule has 1 aliphatic rings. The minimum absolute atomic E-state index is 0.604. The molecule has 0 radical (unpaired) electrons. The van der Waals surface area contributed by atoms with Crippen LogP contribution in [0.1, 0.15) is 35.0 Å². The van der Waals surface area contributed by atoms with Crippen LogP contribution >= 0.6 is 23.6 Å². The van der Waals surface area contributed by atoms with Crippen molar-refractivity contribution in [3.63, 3.8) is 0 Å². The van der Waals surface area contributed by atoms with E-state index in [4.69, 9.17) is 12.2 Å². The first kappa shape index (κ1) is 15.4. The molecule has 1 aliphatic carbocycles. The molecule has 0 bridgehead atoms. The van der Waals surface area contributed by atoms with Crippen molar-refractivity contribution < 1.29 is 0 Å². The number of nitrogens with one attached hydrogen (secondary N) is 2. The Labute approximate surface area is 141 Å². The Hall–Kier alpha value is -1.46. The van der Waals surface area contributed by atoms with Gasteiger partial charge < -0.3 is 10.6 Å². The number of rotatable bonds is 2. The largest absolute Gasteiger partial charge is 0.332 e. The average molecular weight is 332 g/mol. The maximum atomic E-state index is 5.43. The maximum Gasteiger partial charge on any atom is 0.189 e. The van der Waals surface area contributed by atoms with E-state index < -0.39 is 0 Å². The van der Waals surface area contributed by atoms with E-state index in [0.717, 1.165) is 29.6 Å². The number of fused-ring (bicyclic) bond motifs is 1. The van der Waals surface area contributed by atoms with E-state index in [0.29, 0.717) is 5.11 Å². The van der Waals surface area contributed by atoms with Gasteiger partial charge in [0, 0.05) is 10.6 Å². The Bertz CT molecular complexity index is 706. The van der Waals surface area contributed by atoms with Gasteiger partial charge in [0.15, 0.2) is 10.2 Å². The molecule has 5 heteroatoms. The summed E-state index contributed by atoms with van der Waals surface area (Å²) in [4.78, 5) is 6.10. The first-order chi connectivity index (χ1) is 10.5. The lowest BCUT2D eigenvalue weighted by atomic mass is 9.93. The number of thiazole rings is 1. The number of hydrogen-bond acceptors (Lipinski definition) is 3. The van der Waals surface area contributed by atoms with Crippen LogP contribution in [0.25, 0.3) is 0 Å². The van der Waals surface area contributed by atoms with Gasteiger partial charge in [-0.05, 0) is 68.4 Å². The third kappa shape index (κ3) is 3.47. The molecular weight excluding hydrogens is 310 g/mol. The highest BCUT2D eigenvalue weighted by molar-refractivity contribution is 7.80. The fourth-order valence-electron chi connectivity index (χ4n) is 2.71. The summed E-state index contributed by atoms with van der Waals surface area (Å²) >= 11 is 7.16. The van der Waals surface area contributed by atoms with E-state index in [2.05, 4.69) is 54.6 Å². The van der Waals surface area contributed by atoms with Gasteiger partial charge in [-0.1, -0.05) is 19.1 Å². The minimum atomic E-state index is 0.604. The summed E-state index contributed by atoms with van der Waals surface area (Å²) in [6.07, 6.45) is 3.47. The molecule has 1 aromatic heterocycles. The third-order valence-electron chi connectivity index (χ3n) is 4.05. The van der Waals surface area contributed by atoms with Gasteiger partial charge in [0.25, 0.3) is 0 Å². The van der Waals surface area contributed by atoms with Crippen LogP contribution in [0.5, 0.6) is 0 Å². The summed E-state index contributed by atoms with van der Waals surface area (Å²) in [6.45, 7) is 6.47. The lowest BCUT2D eigenvalue weighted by molar-refractivity contribution is 0.502. The van der Waals surface area contributed by atoms with Gasteiger partial charge in [-0.15, -0.1) is 11.3 Å². The molecule has 0 amide bonds. The monoisotopic (exact) mass is 331 g/mol. The molecule has 1 aromatic carbocycles. The van der Waals surface area contributed by atoms with Gasteiger partial charge in [0.1, 0.15) is 0 Å².